The van der Waals surface area contributed by atoms with Crippen LogP contribution in [0.2, 0.25) is 35.2 Å². The molecule has 25 nitrogen and oxygen atoms in total. The van der Waals surface area contributed by atoms with Crippen LogP contribution in [0, 0.1) is 10.1 Å². The maximum Gasteiger partial charge on any atom is 0.408 e. The first-order chi connectivity index (χ1) is 54.3. The average Bonchev–Trinajstić information content (AvgIpc) is 0.778. The number of ether oxygens (including phenoxy) is 8. The normalized spacial score (nSPS) is 23.8. The van der Waals surface area contributed by atoms with Crippen LogP contribution in [0.3, 0.4) is 0 Å². The van der Waals surface area contributed by atoms with Gasteiger partial charge in [0.2, 0.25) is 5.78 Å². The van der Waals surface area contributed by atoms with Crippen molar-refractivity contribution in [1.82, 2.24) is 10.6 Å². The first kappa shape index (κ1) is 97.7. The lowest BCUT2D eigenvalue weighted by molar-refractivity contribution is -0.567. The molecule has 0 radical (unpaired) electrons. The maximum atomic E-state index is 12.6. The minimum Gasteiger partial charge on any atom is -0.444 e. The van der Waals surface area contributed by atoms with Crippen molar-refractivity contribution in [2.24, 2.45) is 11.5 Å². The van der Waals surface area contributed by atoms with E-state index in [0.29, 0.717) is 81.6 Å². The highest BCUT2D eigenvalue weighted by atomic mass is 79.9. The molecule has 116 heavy (non-hydrogen) atoms. The van der Waals surface area contributed by atoms with Gasteiger partial charge in [-0.05, 0) is 118 Å². The molecule has 0 aliphatic carbocycles. The molecule has 8 atom stereocenters. The monoisotopic (exact) mass is 1820 g/mol. The first-order valence-corrected chi connectivity index (χ1v) is 39.4. The number of halogens is 9. The Hall–Kier alpha value is -7.10. The van der Waals surface area contributed by atoms with Crippen molar-refractivity contribution in [3.8, 4) is 0 Å². The van der Waals surface area contributed by atoms with Gasteiger partial charge >= 0.3 is 17.7 Å². The molecule has 626 valence electrons. The van der Waals surface area contributed by atoms with Crippen LogP contribution in [0.1, 0.15) is 107 Å². The lowest BCUT2D eigenvalue weighted by Gasteiger charge is -2.39. The lowest BCUT2D eigenvalue weighted by atomic mass is 9.82. The fraction of sp³-hybridized carbons (Fsp3) is 0.390. The third-order valence-corrected chi connectivity index (χ3v) is 21.4. The first-order valence-electron chi connectivity index (χ1n) is 36.0. The van der Waals surface area contributed by atoms with Crippen molar-refractivity contribution in [2.45, 2.75) is 124 Å². The second kappa shape index (κ2) is 44.3. The molecule has 7 aromatic carbocycles. The molecule has 6 aliphatic heterocycles. The number of rotatable bonds is 9. The quantitative estimate of drug-likeness (QED) is 0.0577. The van der Waals surface area contributed by atoms with Crippen LogP contribution in [-0.2, 0) is 94.4 Å². The third-order valence-electron chi connectivity index (χ3n) is 18.2. The number of nitro groups is 1. The van der Waals surface area contributed by atoms with E-state index in [1.54, 1.807) is 145 Å². The molecule has 2 amide bonds. The average molecular weight is 1830 g/mol. The van der Waals surface area contributed by atoms with Crippen molar-refractivity contribution in [3.05, 3.63) is 253 Å². The van der Waals surface area contributed by atoms with Crippen molar-refractivity contribution >= 4 is 156 Å². The number of hydrogen-bond donors (Lipinski definition) is 6. The SMILES string of the molecule is CC(C)(C)OC(=O)NC1(c2ccccc2Cl)COCC(O)C1=O.CC(C)(C)OC(=O)NC1(c2ccccc2Cl)COCCC1=O.Cl.Clc1ccccc1Br.NC1(c2ccccc2Cl)COCC(O)C1=O.NC1(c2ccccc2Cl)COCCC1=O.O=C1CCOCC1(c1ccccc1Cl)[N+](=O)[O-].O=C1CCOCC1c1ccccc1Cl. The Morgan fingerprint density at radius 2 is 0.810 bits per heavy atom. The lowest BCUT2D eigenvalue weighted by Crippen LogP contribution is -2.62. The number of aliphatic hydroxyl groups excluding tert-OH is 2. The number of hydrogen-bond acceptors (Lipinski definition) is 22. The summed E-state index contributed by atoms with van der Waals surface area (Å²) in [6.07, 6.45) is -2.91. The van der Waals surface area contributed by atoms with Crippen molar-refractivity contribution in [1.29, 1.82) is 0 Å². The summed E-state index contributed by atoms with van der Waals surface area (Å²) in [5, 5.41) is 39.1. The predicted octanol–water partition coefficient (Wildman–Crippen LogP) is 14.7. The zero-order valence-corrected chi connectivity index (χ0v) is 71.7. The van der Waals surface area contributed by atoms with Crippen LogP contribution >= 0.6 is 110 Å². The molecule has 8 N–H and O–H groups in total. The summed E-state index contributed by atoms with van der Waals surface area (Å²) in [7, 11) is 0. The molecule has 13 rings (SSSR count). The highest BCUT2D eigenvalue weighted by Crippen LogP contribution is 2.39. The summed E-state index contributed by atoms with van der Waals surface area (Å²) in [4.78, 5) is 107. The Morgan fingerprint density at radius 3 is 1.24 bits per heavy atom. The van der Waals surface area contributed by atoms with E-state index in [0.717, 1.165) is 15.1 Å². The van der Waals surface area contributed by atoms with E-state index in [9.17, 15) is 58.7 Å². The molecule has 0 aromatic heterocycles. The largest absolute Gasteiger partial charge is 0.444 e. The molecule has 0 spiro atoms. The summed E-state index contributed by atoms with van der Waals surface area (Å²) in [5.74, 6) is -1.59. The number of aliphatic hydroxyl groups is 2. The van der Waals surface area contributed by atoms with E-state index >= 15 is 0 Å². The van der Waals surface area contributed by atoms with Crippen molar-refractivity contribution < 1.29 is 91.4 Å². The Balaban J connectivity index is 0.000000213. The smallest absolute Gasteiger partial charge is 0.408 e. The van der Waals surface area contributed by atoms with Crippen LogP contribution in [0.25, 0.3) is 0 Å². The molecule has 34 heteroatoms. The van der Waals surface area contributed by atoms with Crippen molar-refractivity contribution in [2.75, 3.05) is 79.3 Å². The van der Waals surface area contributed by atoms with Gasteiger partial charge in [0.15, 0.2) is 34.2 Å². The molecule has 6 saturated heterocycles. The molecule has 6 aliphatic rings. The summed E-state index contributed by atoms with van der Waals surface area (Å²) in [6, 6.07) is 48.8. The summed E-state index contributed by atoms with van der Waals surface area (Å²) in [5.41, 5.74) is 6.61. The number of nitrogens with zero attached hydrogens (tertiary/aromatic N) is 1. The Bertz CT molecular complexity index is 4580. The highest BCUT2D eigenvalue weighted by Gasteiger charge is 2.56. The predicted molar refractivity (Wildman–Crippen MR) is 446 cm³/mol. The van der Waals surface area contributed by atoms with E-state index in [1.807, 2.05) is 54.6 Å². The summed E-state index contributed by atoms with van der Waals surface area (Å²) < 4.78 is 43.0. The van der Waals surface area contributed by atoms with Gasteiger partial charge in [0.25, 0.3) is 0 Å². The van der Waals surface area contributed by atoms with E-state index in [-0.39, 0.29) is 117 Å². The summed E-state index contributed by atoms with van der Waals surface area (Å²) >= 11 is 45.3. The molecule has 7 aromatic rings. The van der Waals surface area contributed by atoms with Gasteiger partial charge in [-0.25, -0.2) is 9.59 Å². The number of benzene rings is 7. The molecular formula is C82H90BrCl8N5O20. The fourth-order valence-electron chi connectivity index (χ4n) is 12.4. The minimum atomic E-state index is -1.85. The number of alkyl carbamates (subject to hydrolysis) is 2. The molecule has 0 saturated carbocycles. The highest BCUT2D eigenvalue weighted by molar-refractivity contribution is 9.10. The topological polar surface area (TPSA) is 370 Å². The van der Waals surface area contributed by atoms with Gasteiger partial charge < -0.3 is 70.2 Å². The van der Waals surface area contributed by atoms with E-state index in [2.05, 4.69) is 26.6 Å². The van der Waals surface area contributed by atoms with E-state index < -0.39 is 85.6 Å². The fourth-order valence-corrected chi connectivity index (χ4v) is 14.6. The Morgan fingerprint density at radius 1 is 0.448 bits per heavy atom. The minimum absolute atomic E-state index is 0. The number of Topliss-reactive ketones (excluding diaryl/α,β-unsaturated/α-hetero) is 6. The van der Waals surface area contributed by atoms with Crippen LogP contribution in [0.5, 0.6) is 0 Å². The van der Waals surface area contributed by atoms with Crippen LogP contribution in [0.15, 0.2) is 174 Å². The van der Waals surface area contributed by atoms with Gasteiger partial charge in [-0.2, -0.15) is 0 Å². The van der Waals surface area contributed by atoms with Crippen LogP contribution in [0.4, 0.5) is 9.59 Å². The van der Waals surface area contributed by atoms with Crippen LogP contribution in [-0.4, -0.2) is 165 Å². The number of amides is 2. The van der Waals surface area contributed by atoms with Gasteiger partial charge in [-0.15, -0.1) is 12.4 Å². The second-order valence-electron chi connectivity index (χ2n) is 28.8. The molecule has 8 unspecified atom stereocenters. The van der Waals surface area contributed by atoms with Crippen molar-refractivity contribution in [3.63, 3.8) is 0 Å². The standard InChI is InChI=1S/C16H20ClNO5.C16H20ClNO4.C11H10ClNO4.C11H12ClNO3.C11H12ClNO2.C11H11ClO2.C6H4BrCl.ClH/c1-15(2,3)23-14(21)18-16(9-22-8-12(19)13(16)20)10-6-4-5-7-11(10)17;1-15(2,3)22-14(20)18-16(10-21-9-8-13(16)19)11-6-4-5-7-12(11)17;12-9-4-2-1-3-8(9)11(13(15)16)7-17-6-5-10(11)14;12-8-4-2-1-3-7(8)11(13)6-16-5-9(14)10(11)15;12-9-4-2-1-3-8(9)11(13)7-15-6-5-10(11)14;12-10-4-2-1-3-8(10)9-7-14-6-5-11(9)13;7-5-3-1-2-4-6(5)8;/h4-7,12,19H,8-9H2,1-3H3,(H,18,21);4-7H,8-10H2,1-3H3,(H,18,20);1-4H,5-7H2;1-4,9,14H,5-6,13H2;1-4H,5-7,13H2;1-4,9H,5-7H2;1-4H;1H. The van der Waals surface area contributed by atoms with Gasteiger partial charge in [-0.3, -0.25) is 38.9 Å². The molecule has 6 fully saturated rings. The Labute approximate surface area is 721 Å². The van der Waals surface area contributed by atoms with E-state index in [4.69, 9.17) is 131 Å². The van der Waals surface area contributed by atoms with E-state index in [1.165, 1.54) is 12.1 Å². The number of nitrogens with one attached hydrogen (secondary N) is 2. The number of carbonyl (C=O) groups is 8. The number of ketones is 6. The molecule has 0 bridgehead atoms. The van der Waals surface area contributed by atoms with Gasteiger partial charge in [-0.1, -0.05) is 196 Å². The third kappa shape index (κ3) is 25.5. The number of carbonyl (C=O) groups excluding carboxylic acids is 8. The molecule has 6 heterocycles. The Kier molecular flexibility index (Phi) is 37.3. The maximum absolute atomic E-state index is 12.6. The van der Waals surface area contributed by atoms with Gasteiger partial charge in [0.05, 0.1) is 94.2 Å². The van der Waals surface area contributed by atoms with Crippen LogP contribution < -0.4 is 22.1 Å². The summed E-state index contributed by atoms with van der Waals surface area (Å²) in [6.45, 7) is 12.2. The van der Waals surface area contributed by atoms with Gasteiger partial charge in [0, 0.05) is 82.4 Å². The second-order valence-corrected chi connectivity index (χ2v) is 32.5. The zero-order valence-electron chi connectivity index (χ0n) is 64.0. The number of nitrogens with two attached hydrogens (primary N) is 2. The molecular weight excluding hydrogens is 1740 g/mol. The zero-order chi connectivity index (χ0) is 84.7. The van der Waals surface area contributed by atoms with Gasteiger partial charge in [0.1, 0.15) is 46.9 Å².